The molecule has 0 atom stereocenters. The van der Waals surface area contributed by atoms with Crippen molar-refractivity contribution in [2.45, 2.75) is 33.7 Å². The summed E-state index contributed by atoms with van der Waals surface area (Å²) in [5, 5.41) is 2.01. The topological polar surface area (TPSA) is 59.1 Å². The van der Waals surface area contributed by atoms with Crippen molar-refractivity contribution in [2.75, 3.05) is 33.9 Å². The Balaban J connectivity index is 1.81. The molecule has 0 spiro atoms. The number of nitrogens with zero attached hydrogens (tertiary/aromatic N) is 2. The van der Waals surface area contributed by atoms with Gasteiger partial charge in [-0.25, -0.2) is 4.39 Å². The third-order valence-corrected chi connectivity index (χ3v) is 7.05. The highest BCUT2D eigenvalue weighted by atomic mass is 32.1. The highest BCUT2D eigenvalue weighted by Crippen LogP contribution is 2.28. The molecule has 0 fully saturated rings. The van der Waals surface area contributed by atoms with Gasteiger partial charge in [0.2, 0.25) is 5.91 Å². The number of methoxy groups -OCH3 is 2. The van der Waals surface area contributed by atoms with Gasteiger partial charge in [-0.05, 0) is 72.2 Å². The van der Waals surface area contributed by atoms with Crippen molar-refractivity contribution >= 4 is 23.2 Å². The number of ether oxygens (including phenoxy) is 2. The Kier molecular flexibility index (Phi) is 10.1. The maximum Gasteiger partial charge on any atom is 0.254 e. The Bertz CT molecular complexity index is 1210. The van der Waals surface area contributed by atoms with Crippen LogP contribution in [0.2, 0.25) is 0 Å². The fourth-order valence-electron chi connectivity index (χ4n) is 4.06. The number of carbonyl (C=O) groups is 2. The average molecular weight is 527 g/mol. The molecule has 6 nitrogen and oxygen atoms in total. The minimum Gasteiger partial charge on any atom is -0.493 e. The normalized spacial score (nSPS) is 10.9. The van der Waals surface area contributed by atoms with Gasteiger partial charge < -0.3 is 19.3 Å². The number of benzene rings is 2. The van der Waals surface area contributed by atoms with E-state index in [1.807, 2.05) is 50.4 Å². The molecule has 0 N–H and O–H groups in total. The highest BCUT2D eigenvalue weighted by Gasteiger charge is 2.24. The summed E-state index contributed by atoms with van der Waals surface area (Å²) >= 11 is 1.61. The zero-order valence-corrected chi connectivity index (χ0v) is 22.9. The Morgan fingerprint density at radius 3 is 2.38 bits per heavy atom. The lowest BCUT2D eigenvalue weighted by Gasteiger charge is -2.29. The van der Waals surface area contributed by atoms with Gasteiger partial charge in [0.15, 0.2) is 11.5 Å². The predicted molar refractivity (Wildman–Crippen MR) is 145 cm³/mol. The standard InChI is InChI=1S/C29H35FN2O4S/c1-20(2)17-32(29(34)23-7-6-8-24(30)16-23)19-28(33)31(18-27-21(3)12-14-37-27)13-11-22-9-10-25(35-4)26(15-22)36-5/h6-10,12,14-16,20H,11,13,17-19H2,1-5H3. The molecule has 0 saturated carbocycles. The molecule has 0 saturated heterocycles. The van der Waals surface area contributed by atoms with Crippen LogP contribution in [0.4, 0.5) is 4.39 Å². The number of carbonyl (C=O) groups excluding carboxylic acids is 2. The van der Waals surface area contributed by atoms with Gasteiger partial charge in [0.1, 0.15) is 12.4 Å². The molecule has 198 valence electrons. The molecule has 3 rings (SSSR count). The van der Waals surface area contributed by atoms with E-state index in [4.69, 9.17) is 9.47 Å². The number of halogens is 1. The fraction of sp³-hybridized carbons (Fsp3) is 0.379. The monoisotopic (exact) mass is 526 g/mol. The molecule has 3 aromatic rings. The van der Waals surface area contributed by atoms with Crippen LogP contribution in [0.1, 0.15) is 40.2 Å². The maximum absolute atomic E-state index is 13.8. The van der Waals surface area contributed by atoms with Crippen molar-refractivity contribution in [1.82, 2.24) is 9.80 Å². The van der Waals surface area contributed by atoms with E-state index < -0.39 is 5.82 Å². The second kappa shape index (κ2) is 13.2. The van der Waals surface area contributed by atoms with Crippen molar-refractivity contribution < 1.29 is 23.5 Å². The molecule has 0 unspecified atom stereocenters. The van der Waals surface area contributed by atoms with Crippen molar-refractivity contribution in [3.05, 3.63) is 81.3 Å². The molecular weight excluding hydrogens is 491 g/mol. The van der Waals surface area contributed by atoms with Crippen LogP contribution < -0.4 is 9.47 Å². The zero-order chi connectivity index (χ0) is 26.9. The summed E-state index contributed by atoms with van der Waals surface area (Å²) in [5.74, 6) is 0.438. The van der Waals surface area contributed by atoms with E-state index in [-0.39, 0.29) is 29.8 Å². The Morgan fingerprint density at radius 1 is 1.00 bits per heavy atom. The first kappa shape index (κ1) is 28.2. The van der Waals surface area contributed by atoms with Crippen molar-refractivity contribution in [2.24, 2.45) is 5.92 Å². The summed E-state index contributed by atoms with van der Waals surface area (Å²) in [5.41, 5.74) is 2.37. The molecule has 0 aliphatic heterocycles. The maximum atomic E-state index is 13.8. The molecular formula is C29H35FN2O4S. The molecule has 0 aliphatic rings. The number of aryl methyl sites for hydroxylation is 1. The highest BCUT2D eigenvalue weighted by molar-refractivity contribution is 7.10. The molecule has 1 aromatic heterocycles. The third kappa shape index (κ3) is 7.79. The van der Waals surface area contributed by atoms with Gasteiger partial charge in [0, 0.05) is 23.5 Å². The van der Waals surface area contributed by atoms with E-state index in [0.29, 0.717) is 37.6 Å². The van der Waals surface area contributed by atoms with Gasteiger partial charge in [-0.3, -0.25) is 9.59 Å². The molecule has 0 bridgehead atoms. The molecule has 8 heteroatoms. The Labute approximate surface area is 222 Å². The number of hydrogen-bond donors (Lipinski definition) is 0. The van der Waals surface area contributed by atoms with Gasteiger partial charge in [-0.1, -0.05) is 26.0 Å². The summed E-state index contributed by atoms with van der Waals surface area (Å²) in [7, 11) is 3.19. The quantitative estimate of drug-likeness (QED) is 0.309. The van der Waals surface area contributed by atoms with Gasteiger partial charge in [-0.2, -0.15) is 0 Å². The molecule has 1 heterocycles. The minimum absolute atomic E-state index is 0.0795. The predicted octanol–water partition coefficient (Wildman–Crippen LogP) is 5.58. The van der Waals surface area contributed by atoms with Gasteiger partial charge in [0.25, 0.3) is 5.91 Å². The summed E-state index contributed by atoms with van der Waals surface area (Å²) in [4.78, 5) is 31.3. The molecule has 37 heavy (non-hydrogen) atoms. The number of rotatable bonds is 12. The second-order valence-corrected chi connectivity index (χ2v) is 10.4. The van der Waals surface area contributed by atoms with Crippen LogP contribution in [0.3, 0.4) is 0 Å². The van der Waals surface area contributed by atoms with Crippen LogP contribution in [0.15, 0.2) is 53.9 Å². The first-order chi connectivity index (χ1) is 17.7. The summed E-state index contributed by atoms with van der Waals surface area (Å²) in [6.45, 7) is 7.24. The second-order valence-electron chi connectivity index (χ2n) is 9.37. The summed E-state index contributed by atoms with van der Waals surface area (Å²) in [6.07, 6.45) is 0.610. The Hall–Kier alpha value is -3.39. The van der Waals surface area contributed by atoms with Crippen LogP contribution in [0, 0.1) is 18.7 Å². The van der Waals surface area contributed by atoms with E-state index in [2.05, 4.69) is 0 Å². The molecule has 2 aromatic carbocycles. The van der Waals surface area contributed by atoms with Crippen molar-refractivity contribution in [1.29, 1.82) is 0 Å². The lowest BCUT2D eigenvalue weighted by Crippen LogP contribution is -2.44. The van der Waals surface area contributed by atoms with Crippen LogP contribution >= 0.6 is 11.3 Å². The van der Waals surface area contributed by atoms with Gasteiger partial charge in [0.05, 0.1) is 20.8 Å². The largest absolute Gasteiger partial charge is 0.493 e. The minimum atomic E-state index is -0.480. The number of amides is 2. The Morgan fingerprint density at radius 2 is 1.76 bits per heavy atom. The van der Waals surface area contributed by atoms with E-state index in [9.17, 15) is 14.0 Å². The fourth-order valence-corrected chi connectivity index (χ4v) is 4.98. The average Bonchev–Trinajstić information content (AvgIpc) is 3.29. The summed E-state index contributed by atoms with van der Waals surface area (Å²) < 4.78 is 24.6. The zero-order valence-electron chi connectivity index (χ0n) is 22.1. The van der Waals surface area contributed by atoms with E-state index in [0.717, 1.165) is 16.0 Å². The van der Waals surface area contributed by atoms with E-state index in [1.54, 1.807) is 36.5 Å². The first-order valence-electron chi connectivity index (χ1n) is 12.3. The molecule has 0 radical (unpaired) electrons. The molecule has 0 aliphatic carbocycles. The lowest BCUT2D eigenvalue weighted by molar-refractivity contribution is -0.132. The van der Waals surface area contributed by atoms with Crippen LogP contribution in [0.25, 0.3) is 0 Å². The van der Waals surface area contributed by atoms with Crippen molar-refractivity contribution in [3.63, 3.8) is 0 Å². The van der Waals surface area contributed by atoms with E-state index in [1.165, 1.54) is 23.1 Å². The third-order valence-electron chi connectivity index (χ3n) is 6.04. The van der Waals surface area contributed by atoms with Gasteiger partial charge in [-0.15, -0.1) is 11.3 Å². The SMILES string of the molecule is COc1ccc(CCN(Cc2sccc2C)C(=O)CN(CC(C)C)C(=O)c2cccc(F)c2)cc1OC. The lowest BCUT2D eigenvalue weighted by atomic mass is 10.1. The van der Waals surface area contributed by atoms with E-state index >= 15 is 0 Å². The summed E-state index contributed by atoms with van der Waals surface area (Å²) in [6, 6.07) is 13.4. The van der Waals surface area contributed by atoms with Crippen LogP contribution in [0.5, 0.6) is 11.5 Å². The van der Waals surface area contributed by atoms with Crippen LogP contribution in [-0.4, -0.2) is 55.5 Å². The number of thiophene rings is 1. The van der Waals surface area contributed by atoms with Gasteiger partial charge >= 0.3 is 0 Å². The van der Waals surface area contributed by atoms with Crippen molar-refractivity contribution in [3.8, 4) is 11.5 Å². The smallest absolute Gasteiger partial charge is 0.254 e. The number of hydrogen-bond acceptors (Lipinski definition) is 5. The molecule has 2 amide bonds. The first-order valence-corrected chi connectivity index (χ1v) is 13.2. The van der Waals surface area contributed by atoms with Crippen LogP contribution in [-0.2, 0) is 17.8 Å².